The summed E-state index contributed by atoms with van der Waals surface area (Å²) in [6, 6.07) is 7.95. The van der Waals surface area contributed by atoms with Crippen LogP contribution in [-0.2, 0) is 16.0 Å². The van der Waals surface area contributed by atoms with Crippen LogP contribution >= 0.6 is 0 Å². The van der Waals surface area contributed by atoms with Gasteiger partial charge in [0.25, 0.3) is 0 Å². The molecular weight excluding hydrogens is 226 g/mol. The Hall–Kier alpha value is -1.90. The molecule has 0 aromatic heterocycles. The second-order valence-electron chi connectivity index (χ2n) is 4.22. The van der Waals surface area contributed by atoms with Gasteiger partial charge in [-0.25, -0.2) is 4.79 Å². The smallest absolute Gasteiger partial charge is 0.336 e. The molecule has 0 bridgehead atoms. The van der Waals surface area contributed by atoms with Gasteiger partial charge in [0.1, 0.15) is 0 Å². The fourth-order valence-electron chi connectivity index (χ4n) is 1.83. The van der Waals surface area contributed by atoms with Crippen molar-refractivity contribution in [3.05, 3.63) is 42.0 Å². The molecule has 2 rings (SSSR count). The Bertz CT molecular complexity index is 474. The lowest BCUT2D eigenvalue weighted by Crippen LogP contribution is -2.16. The lowest BCUT2D eigenvalue weighted by molar-refractivity contribution is -0.142. The predicted molar refractivity (Wildman–Crippen MR) is 72.7 cm³/mol. The van der Waals surface area contributed by atoms with Crippen LogP contribution in [0.3, 0.4) is 0 Å². The fourth-order valence-corrected chi connectivity index (χ4v) is 1.83. The van der Waals surface area contributed by atoms with Crippen molar-refractivity contribution < 1.29 is 9.53 Å². The standard InChI is InChI=1S/C15H17NO2/c1-3-11-5-7-12(8-6-11)9-10-13-14(16-13)15(17)18-4-2/h3,5-8,14H,1,4,9-10H2,2H3. The van der Waals surface area contributed by atoms with Crippen LogP contribution in [0.2, 0.25) is 0 Å². The SMILES string of the molecule is C=Cc1ccc(CCC2=NC2C(=O)OCC)cc1. The molecule has 18 heavy (non-hydrogen) atoms. The molecule has 0 spiro atoms. The van der Waals surface area contributed by atoms with Crippen molar-refractivity contribution in [3.63, 3.8) is 0 Å². The highest BCUT2D eigenvalue weighted by atomic mass is 16.5. The Morgan fingerprint density at radius 2 is 2.11 bits per heavy atom. The van der Waals surface area contributed by atoms with Gasteiger partial charge in [0.15, 0.2) is 6.04 Å². The second-order valence-corrected chi connectivity index (χ2v) is 4.22. The molecule has 0 aliphatic carbocycles. The number of carbonyl (C=O) groups is 1. The van der Waals surface area contributed by atoms with Gasteiger partial charge in [0.2, 0.25) is 0 Å². The highest BCUT2D eigenvalue weighted by Crippen LogP contribution is 2.19. The lowest BCUT2D eigenvalue weighted by Gasteiger charge is -2.00. The summed E-state index contributed by atoms with van der Waals surface area (Å²) in [5.41, 5.74) is 3.32. The molecule has 1 aliphatic heterocycles. The van der Waals surface area contributed by atoms with E-state index >= 15 is 0 Å². The molecule has 1 atom stereocenters. The Labute approximate surface area is 107 Å². The highest BCUT2D eigenvalue weighted by molar-refractivity contribution is 6.16. The molecule has 3 heteroatoms. The van der Waals surface area contributed by atoms with Gasteiger partial charge in [-0.05, 0) is 30.9 Å². The molecule has 0 saturated heterocycles. The maximum absolute atomic E-state index is 11.4. The third-order valence-corrected chi connectivity index (χ3v) is 2.94. The summed E-state index contributed by atoms with van der Waals surface area (Å²) >= 11 is 0. The summed E-state index contributed by atoms with van der Waals surface area (Å²) in [5, 5.41) is 0. The van der Waals surface area contributed by atoms with Crippen LogP contribution in [0.5, 0.6) is 0 Å². The number of aryl methyl sites for hydroxylation is 1. The van der Waals surface area contributed by atoms with E-state index in [1.165, 1.54) is 5.56 Å². The molecule has 1 heterocycles. The largest absolute Gasteiger partial charge is 0.464 e. The number of hydrogen-bond acceptors (Lipinski definition) is 3. The van der Waals surface area contributed by atoms with E-state index in [0.717, 1.165) is 24.1 Å². The minimum Gasteiger partial charge on any atom is -0.464 e. The zero-order chi connectivity index (χ0) is 13.0. The van der Waals surface area contributed by atoms with Crippen LogP contribution in [0.15, 0.2) is 35.8 Å². The first-order chi connectivity index (χ1) is 8.74. The van der Waals surface area contributed by atoms with Gasteiger partial charge in [-0.1, -0.05) is 36.9 Å². The van der Waals surface area contributed by atoms with E-state index in [4.69, 9.17) is 4.74 Å². The van der Waals surface area contributed by atoms with Crippen LogP contribution in [0.4, 0.5) is 0 Å². The molecular formula is C15H17NO2. The number of hydrogen-bond donors (Lipinski definition) is 0. The number of nitrogens with zero attached hydrogens (tertiary/aromatic N) is 1. The van der Waals surface area contributed by atoms with E-state index in [1.54, 1.807) is 6.92 Å². The zero-order valence-corrected chi connectivity index (χ0v) is 10.6. The molecule has 0 saturated carbocycles. The number of esters is 1. The van der Waals surface area contributed by atoms with Crippen molar-refractivity contribution >= 4 is 17.8 Å². The number of aliphatic imine (C=N–C) groups is 1. The number of carbonyl (C=O) groups excluding carboxylic acids is 1. The van der Waals surface area contributed by atoms with Crippen LogP contribution < -0.4 is 0 Å². The average Bonchev–Trinajstić information content (AvgIpc) is 3.17. The summed E-state index contributed by atoms with van der Waals surface area (Å²) in [6.07, 6.45) is 3.56. The Balaban J connectivity index is 1.77. The van der Waals surface area contributed by atoms with Crippen molar-refractivity contribution in [3.8, 4) is 0 Å². The number of benzene rings is 1. The topological polar surface area (TPSA) is 38.7 Å². The summed E-state index contributed by atoms with van der Waals surface area (Å²) in [5.74, 6) is -0.213. The van der Waals surface area contributed by atoms with Crippen LogP contribution in [-0.4, -0.2) is 24.3 Å². The number of ether oxygens (including phenoxy) is 1. The van der Waals surface area contributed by atoms with E-state index in [2.05, 4.69) is 23.7 Å². The monoisotopic (exact) mass is 243 g/mol. The molecule has 1 unspecified atom stereocenters. The Kier molecular flexibility index (Phi) is 3.92. The normalized spacial score (nSPS) is 16.9. The minimum absolute atomic E-state index is 0.213. The first-order valence-electron chi connectivity index (χ1n) is 6.19. The average molecular weight is 243 g/mol. The van der Waals surface area contributed by atoms with Gasteiger partial charge in [0.05, 0.1) is 12.3 Å². The summed E-state index contributed by atoms with van der Waals surface area (Å²) < 4.78 is 4.91. The van der Waals surface area contributed by atoms with Crippen LogP contribution in [0.25, 0.3) is 6.08 Å². The predicted octanol–water partition coefficient (Wildman–Crippen LogP) is 2.65. The van der Waals surface area contributed by atoms with Gasteiger partial charge >= 0.3 is 5.97 Å². The van der Waals surface area contributed by atoms with Gasteiger partial charge in [-0.3, -0.25) is 4.99 Å². The zero-order valence-electron chi connectivity index (χ0n) is 10.6. The van der Waals surface area contributed by atoms with Crippen LogP contribution in [0, 0.1) is 0 Å². The van der Waals surface area contributed by atoms with Crippen molar-refractivity contribution in [1.29, 1.82) is 0 Å². The molecule has 0 amide bonds. The second kappa shape index (κ2) is 5.63. The highest BCUT2D eigenvalue weighted by Gasteiger charge is 2.35. The summed E-state index contributed by atoms with van der Waals surface area (Å²) in [4.78, 5) is 15.5. The van der Waals surface area contributed by atoms with Gasteiger partial charge < -0.3 is 4.74 Å². The third kappa shape index (κ3) is 3.06. The molecule has 3 nitrogen and oxygen atoms in total. The van der Waals surface area contributed by atoms with E-state index < -0.39 is 0 Å². The molecule has 1 aromatic carbocycles. The molecule has 0 radical (unpaired) electrons. The van der Waals surface area contributed by atoms with E-state index in [0.29, 0.717) is 6.61 Å². The van der Waals surface area contributed by atoms with Crippen molar-refractivity contribution in [2.24, 2.45) is 4.99 Å². The quantitative estimate of drug-likeness (QED) is 0.720. The first-order valence-corrected chi connectivity index (χ1v) is 6.19. The van der Waals surface area contributed by atoms with Crippen molar-refractivity contribution in [1.82, 2.24) is 0 Å². The third-order valence-electron chi connectivity index (χ3n) is 2.94. The molecule has 1 aromatic rings. The maximum atomic E-state index is 11.4. The van der Waals surface area contributed by atoms with Gasteiger partial charge in [-0.15, -0.1) is 0 Å². The molecule has 94 valence electrons. The molecule has 1 aliphatic rings. The number of rotatable bonds is 6. The summed E-state index contributed by atoms with van der Waals surface area (Å²) in [6.45, 7) is 5.95. The van der Waals surface area contributed by atoms with Gasteiger partial charge in [0, 0.05) is 0 Å². The van der Waals surface area contributed by atoms with E-state index in [-0.39, 0.29) is 12.0 Å². The van der Waals surface area contributed by atoms with E-state index in [9.17, 15) is 4.79 Å². The Morgan fingerprint density at radius 1 is 1.39 bits per heavy atom. The fraction of sp³-hybridized carbons (Fsp3) is 0.333. The molecule has 0 fully saturated rings. The maximum Gasteiger partial charge on any atom is 0.336 e. The molecule has 0 N–H and O–H groups in total. The van der Waals surface area contributed by atoms with E-state index in [1.807, 2.05) is 18.2 Å². The lowest BCUT2D eigenvalue weighted by atomic mass is 10.1. The van der Waals surface area contributed by atoms with Crippen molar-refractivity contribution in [2.75, 3.05) is 6.61 Å². The van der Waals surface area contributed by atoms with Crippen molar-refractivity contribution in [2.45, 2.75) is 25.8 Å². The minimum atomic E-state index is -0.294. The van der Waals surface area contributed by atoms with Crippen LogP contribution in [0.1, 0.15) is 24.5 Å². The Morgan fingerprint density at radius 3 is 2.72 bits per heavy atom. The van der Waals surface area contributed by atoms with Gasteiger partial charge in [-0.2, -0.15) is 0 Å². The first kappa shape index (κ1) is 12.6. The summed E-state index contributed by atoms with van der Waals surface area (Å²) in [7, 11) is 0.